The number of cyclic esters (lactones) is 1. The first-order valence-corrected chi connectivity index (χ1v) is 11.9. The molecule has 0 bridgehead atoms. The fraction of sp³-hybridized carbons (Fsp3) is 0.760. The Kier molecular flexibility index (Phi) is 5.94. The van der Waals surface area contributed by atoms with Crippen LogP contribution in [-0.4, -0.2) is 68.0 Å². The number of ether oxygens (including phenoxy) is 2. The SMILES string of the molecule is CC1=CC2(O)C(O)(OC1)C(C)C1C(O)CC(C)C1C2(O)C(=O)C(C)CCC1OC(=O)C=C1C. The van der Waals surface area contributed by atoms with Crippen molar-refractivity contribution in [1.82, 2.24) is 0 Å². The number of ketones is 1. The molecule has 4 N–H and O–H groups in total. The molecule has 2 heterocycles. The molecule has 0 saturated heterocycles. The Morgan fingerprint density at radius 1 is 1.24 bits per heavy atom. The van der Waals surface area contributed by atoms with Crippen LogP contribution in [-0.2, 0) is 19.1 Å². The van der Waals surface area contributed by atoms with Crippen molar-refractivity contribution in [2.45, 2.75) is 83.1 Å². The maximum atomic E-state index is 14.0. The van der Waals surface area contributed by atoms with Crippen LogP contribution in [0.15, 0.2) is 23.3 Å². The van der Waals surface area contributed by atoms with Crippen molar-refractivity contribution in [2.75, 3.05) is 6.61 Å². The highest BCUT2D eigenvalue weighted by molar-refractivity contribution is 5.92. The molecule has 10 unspecified atom stereocenters. The van der Waals surface area contributed by atoms with Gasteiger partial charge in [-0.2, -0.15) is 0 Å². The number of fused-ring (bicyclic) bond motifs is 2. The maximum absolute atomic E-state index is 14.0. The summed E-state index contributed by atoms with van der Waals surface area (Å²) in [6, 6.07) is 0. The van der Waals surface area contributed by atoms with Gasteiger partial charge < -0.3 is 29.9 Å². The lowest BCUT2D eigenvalue weighted by atomic mass is 9.50. The van der Waals surface area contributed by atoms with E-state index in [4.69, 9.17) is 9.47 Å². The summed E-state index contributed by atoms with van der Waals surface area (Å²) in [5, 5.41) is 46.6. The minimum Gasteiger partial charge on any atom is -0.455 e. The molecule has 2 aliphatic carbocycles. The fourth-order valence-electron chi connectivity index (χ4n) is 6.94. The Bertz CT molecular complexity index is 910. The van der Waals surface area contributed by atoms with Crippen LogP contribution in [0.2, 0.25) is 0 Å². The number of aliphatic hydroxyl groups is 4. The molecule has 8 heteroatoms. The van der Waals surface area contributed by atoms with Gasteiger partial charge in [0.1, 0.15) is 6.10 Å². The van der Waals surface area contributed by atoms with Gasteiger partial charge in [0.15, 0.2) is 17.0 Å². The Hall–Kier alpha value is -1.58. The normalized spacial score (nSPS) is 47.8. The first-order chi connectivity index (χ1) is 15.3. The molecule has 184 valence electrons. The van der Waals surface area contributed by atoms with Crippen molar-refractivity contribution in [1.29, 1.82) is 0 Å². The second kappa shape index (κ2) is 7.99. The summed E-state index contributed by atoms with van der Waals surface area (Å²) in [7, 11) is 0. The summed E-state index contributed by atoms with van der Waals surface area (Å²) in [6.07, 6.45) is 2.59. The lowest BCUT2D eigenvalue weighted by Crippen LogP contribution is -2.81. The Morgan fingerprint density at radius 2 is 1.91 bits per heavy atom. The first-order valence-electron chi connectivity index (χ1n) is 11.9. The van der Waals surface area contributed by atoms with Gasteiger partial charge in [-0.05, 0) is 62.2 Å². The second-order valence-corrected chi connectivity index (χ2v) is 10.8. The number of hydrogen-bond donors (Lipinski definition) is 4. The third kappa shape index (κ3) is 3.29. The maximum Gasteiger partial charge on any atom is 0.331 e. The summed E-state index contributed by atoms with van der Waals surface area (Å²) in [5.41, 5.74) is -3.36. The highest BCUT2D eigenvalue weighted by atomic mass is 16.6. The van der Waals surface area contributed by atoms with Crippen molar-refractivity contribution in [3.8, 4) is 0 Å². The molecule has 4 aliphatic rings. The number of carbonyl (C=O) groups is 2. The highest BCUT2D eigenvalue weighted by Gasteiger charge is 2.78. The molecule has 0 aromatic carbocycles. The minimum absolute atomic E-state index is 0.0463. The van der Waals surface area contributed by atoms with Gasteiger partial charge in [-0.1, -0.05) is 20.8 Å². The quantitative estimate of drug-likeness (QED) is 0.353. The van der Waals surface area contributed by atoms with Crippen LogP contribution in [0.4, 0.5) is 0 Å². The van der Waals surface area contributed by atoms with Crippen LogP contribution in [0, 0.1) is 29.6 Å². The molecule has 0 radical (unpaired) electrons. The zero-order chi connectivity index (χ0) is 24.5. The van der Waals surface area contributed by atoms with Crippen LogP contribution in [0.1, 0.15) is 53.9 Å². The van der Waals surface area contributed by atoms with Crippen molar-refractivity contribution in [2.24, 2.45) is 29.6 Å². The number of Topliss-reactive ketones (excluding diaryl/α,β-unsaturated/α-hetero) is 1. The van der Waals surface area contributed by atoms with Gasteiger partial charge in [0, 0.05) is 23.8 Å². The summed E-state index contributed by atoms with van der Waals surface area (Å²) in [5.74, 6) is -6.32. The van der Waals surface area contributed by atoms with E-state index in [1.54, 1.807) is 27.7 Å². The molecule has 0 aromatic heterocycles. The van der Waals surface area contributed by atoms with E-state index in [0.29, 0.717) is 24.8 Å². The fourth-order valence-corrected chi connectivity index (χ4v) is 6.94. The monoisotopic (exact) mass is 464 g/mol. The molecule has 4 rings (SSSR count). The average molecular weight is 465 g/mol. The molecular weight excluding hydrogens is 428 g/mol. The van der Waals surface area contributed by atoms with E-state index in [1.807, 2.05) is 6.92 Å². The topological polar surface area (TPSA) is 134 Å². The Morgan fingerprint density at radius 3 is 2.52 bits per heavy atom. The zero-order valence-corrected chi connectivity index (χ0v) is 19.9. The van der Waals surface area contributed by atoms with Gasteiger partial charge in [-0.15, -0.1) is 0 Å². The number of aliphatic hydroxyl groups excluding tert-OH is 1. The largest absolute Gasteiger partial charge is 0.455 e. The number of esters is 1. The van der Waals surface area contributed by atoms with Crippen LogP contribution < -0.4 is 0 Å². The summed E-state index contributed by atoms with van der Waals surface area (Å²) >= 11 is 0. The predicted octanol–water partition coefficient (Wildman–Crippen LogP) is 1.25. The van der Waals surface area contributed by atoms with Crippen molar-refractivity contribution < 1.29 is 39.5 Å². The van der Waals surface area contributed by atoms with E-state index < -0.39 is 64.6 Å². The third-order valence-electron chi connectivity index (χ3n) is 8.66. The van der Waals surface area contributed by atoms with E-state index in [2.05, 4.69) is 0 Å². The molecule has 0 spiro atoms. The Labute approximate surface area is 194 Å². The third-order valence-corrected chi connectivity index (χ3v) is 8.66. The first kappa shape index (κ1) is 24.5. The van der Waals surface area contributed by atoms with Crippen LogP contribution in [0.5, 0.6) is 0 Å². The van der Waals surface area contributed by atoms with Crippen molar-refractivity contribution in [3.05, 3.63) is 23.3 Å². The molecule has 0 aromatic rings. The standard InChI is InChI=1S/C25H36O8/c1-12-10-23(29)24(30,22(28)13(2)6-7-18-14(3)9-19(27)33-18)21-15(4)8-17(26)20(21)16(5)25(23,31)32-11-12/h9-10,13,15-18,20-21,26,29-31H,6-8,11H2,1-5H3. The van der Waals surface area contributed by atoms with E-state index in [0.717, 1.165) is 5.57 Å². The molecule has 2 aliphatic heterocycles. The predicted molar refractivity (Wildman–Crippen MR) is 118 cm³/mol. The second-order valence-electron chi connectivity index (χ2n) is 10.8. The number of carbonyl (C=O) groups excluding carboxylic acids is 2. The Balaban J connectivity index is 1.72. The molecule has 8 nitrogen and oxygen atoms in total. The zero-order valence-electron chi connectivity index (χ0n) is 19.9. The van der Waals surface area contributed by atoms with Gasteiger partial charge in [-0.25, -0.2) is 4.79 Å². The van der Waals surface area contributed by atoms with Gasteiger partial charge >= 0.3 is 5.97 Å². The van der Waals surface area contributed by atoms with Crippen molar-refractivity contribution in [3.63, 3.8) is 0 Å². The molecule has 2 saturated carbocycles. The van der Waals surface area contributed by atoms with Crippen LogP contribution in [0.3, 0.4) is 0 Å². The lowest BCUT2D eigenvalue weighted by molar-refractivity contribution is -0.384. The van der Waals surface area contributed by atoms with E-state index in [9.17, 15) is 30.0 Å². The van der Waals surface area contributed by atoms with Gasteiger partial charge in [0.05, 0.1) is 12.7 Å². The van der Waals surface area contributed by atoms with Gasteiger partial charge in [-0.3, -0.25) is 4.79 Å². The summed E-state index contributed by atoms with van der Waals surface area (Å²) in [6.45, 7) is 8.75. The van der Waals surface area contributed by atoms with E-state index in [1.165, 1.54) is 12.2 Å². The smallest absolute Gasteiger partial charge is 0.331 e. The van der Waals surface area contributed by atoms with E-state index >= 15 is 0 Å². The highest BCUT2D eigenvalue weighted by Crippen LogP contribution is 2.62. The van der Waals surface area contributed by atoms with Crippen LogP contribution >= 0.6 is 0 Å². The minimum atomic E-state index is -2.37. The van der Waals surface area contributed by atoms with Gasteiger partial charge in [0.25, 0.3) is 0 Å². The average Bonchev–Trinajstić information content (AvgIpc) is 3.22. The molecule has 33 heavy (non-hydrogen) atoms. The van der Waals surface area contributed by atoms with Crippen LogP contribution in [0.25, 0.3) is 0 Å². The molecular formula is C25H36O8. The lowest BCUT2D eigenvalue weighted by Gasteiger charge is -2.63. The number of rotatable bonds is 5. The van der Waals surface area contributed by atoms with Gasteiger partial charge in [0.2, 0.25) is 5.79 Å². The summed E-state index contributed by atoms with van der Waals surface area (Å²) < 4.78 is 11.0. The summed E-state index contributed by atoms with van der Waals surface area (Å²) in [4.78, 5) is 25.5. The number of hydrogen-bond acceptors (Lipinski definition) is 8. The van der Waals surface area contributed by atoms with Crippen molar-refractivity contribution >= 4 is 11.8 Å². The molecule has 0 amide bonds. The molecule has 2 fully saturated rings. The van der Waals surface area contributed by atoms with E-state index in [-0.39, 0.29) is 12.5 Å². The molecule has 10 atom stereocenters.